The standard InChI is InChI=1S/C12H20BrN5O/c1-3-6-15-11-10(13)12(18-8-17-11)16-7-5-9(19)14-4-2/h8H,3-7H2,1-2H3,(H,14,19)(H2,15,16,17,18). The summed E-state index contributed by atoms with van der Waals surface area (Å²) in [6, 6.07) is 0. The molecule has 1 aromatic rings. The average molecular weight is 330 g/mol. The van der Waals surface area contributed by atoms with Gasteiger partial charge in [0.2, 0.25) is 5.91 Å². The number of carbonyl (C=O) groups excluding carboxylic acids is 1. The first kappa shape index (κ1) is 15.7. The van der Waals surface area contributed by atoms with Crippen molar-refractivity contribution >= 4 is 33.5 Å². The van der Waals surface area contributed by atoms with Crippen LogP contribution in [0.4, 0.5) is 11.6 Å². The van der Waals surface area contributed by atoms with E-state index in [2.05, 4.69) is 48.8 Å². The van der Waals surface area contributed by atoms with E-state index in [1.54, 1.807) is 0 Å². The lowest BCUT2D eigenvalue weighted by atomic mass is 10.4. The lowest BCUT2D eigenvalue weighted by Gasteiger charge is -2.11. The van der Waals surface area contributed by atoms with Crippen molar-refractivity contribution in [1.29, 1.82) is 0 Å². The minimum Gasteiger partial charge on any atom is -0.369 e. The van der Waals surface area contributed by atoms with Crippen LogP contribution in [0.25, 0.3) is 0 Å². The Hall–Kier alpha value is -1.37. The zero-order valence-corrected chi connectivity index (χ0v) is 12.9. The average Bonchev–Trinajstić information content (AvgIpc) is 2.40. The molecule has 0 atom stereocenters. The number of aromatic nitrogens is 2. The zero-order valence-electron chi connectivity index (χ0n) is 11.3. The van der Waals surface area contributed by atoms with E-state index in [0.29, 0.717) is 25.3 Å². The van der Waals surface area contributed by atoms with Crippen LogP contribution in [0, 0.1) is 0 Å². The number of nitrogens with one attached hydrogen (secondary N) is 3. The third kappa shape index (κ3) is 5.42. The minimum absolute atomic E-state index is 0.0320. The van der Waals surface area contributed by atoms with E-state index < -0.39 is 0 Å². The number of nitrogens with zero attached hydrogens (tertiary/aromatic N) is 2. The van der Waals surface area contributed by atoms with Crippen LogP contribution in [-0.2, 0) is 4.79 Å². The molecule has 6 nitrogen and oxygen atoms in total. The maximum Gasteiger partial charge on any atom is 0.221 e. The number of anilines is 2. The Kier molecular flexibility index (Phi) is 7.17. The van der Waals surface area contributed by atoms with Crippen molar-refractivity contribution in [2.75, 3.05) is 30.3 Å². The second-order valence-corrected chi connectivity index (χ2v) is 4.73. The molecule has 0 spiro atoms. The smallest absolute Gasteiger partial charge is 0.221 e. The summed E-state index contributed by atoms with van der Waals surface area (Å²) in [5, 5.41) is 9.08. The first-order chi connectivity index (χ1) is 9.19. The molecule has 0 aromatic carbocycles. The Morgan fingerprint density at radius 1 is 1.21 bits per heavy atom. The summed E-state index contributed by atoms with van der Waals surface area (Å²) in [4.78, 5) is 19.6. The predicted molar refractivity (Wildman–Crippen MR) is 80.3 cm³/mol. The molecule has 0 saturated carbocycles. The number of carbonyl (C=O) groups is 1. The lowest BCUT2D eigenvalue weighted by Crippen LogP contribution is -2.25. The van der Waals surface area contributed by atoms with Gasteiger partial charge in [-0.3, -0.25) is 4.79 Å². The van der Waals surface area contributed by atoms with Crippen LogP contribution in [0.2, 0.25) is 0 Å². The van der Waals surface area contributed by atoms with Crippen molar-refractivity contribution in [3.63, 3.8) is 0 Å². The molecule has 7 heteroatoms. The quantitative estimate of drug-likeness (QED) is 0.679. The molecule has 1 heterocycles. The normalized spacial score (nSPS) is 10.1. The fourth-order valence-electron chi connectivity index (χ4n) is 1.44. The highest BCUT2D eigenvalue weighted by Gasteiger charge is 2.08. The van der Waals surface area contributed by atoms with E-state index in [1.165, 1.54) is 6.33 Å². The molecule has 3 N–H and O–H groups in total. The maximum atomic E-state index is 11.3. The van der Waals surface area contributed by atoms with E-state index in [4.69, 9.17) is 0 Å². The van der Waals surface area contributed by atoms with Gasteiger partial charge < -0.3 is 16.0 Å². The largest absolute Gasteiger partial charge is 0.369 e. The van der Waals surface area contributed by atoms with E-state index in [1.807, 2.05) is 6.92 Å². The van der Waals surface area contributed by atoms with Crippen molar-refractivity contribution in [3.8, 4) is 0 Å². The SMILES string of the molecule is CCCNc1ncnc(NCCC(=O)NCC)c1Br. The first-order valence-electron chi connectivity index (χ1n) is 6.44. The van der Waals surface area contributed by atoms with Gasteiger partial charge in [-0.25, -0.2) is 9.97 Å². The monoisotopic (exact) mass is 329 g/mol. The first-order valence-corrected chi connectivity index (χ1v) is 7.23. The highest BCUT2D eigenvalue weighted by Crippen LogP contribution is 2.26. The molecule has 19 heavy (non-hydrogen) atoms. The molecule has 0 aliphatic rings. The van der Waals surface area contributed by atoms with Gasteiger partial charge in [-0.2, -0.15) is 0 Å². The van der Waals surface area contributed by atoms with E-state index in [0.717, 1.165) is 23.3 Å². The third-order valence-corrected chi connectivity index (χ3v) is 3.10. The fourth-order valence-corrected chi connectivity index (χ4v) is 1.92. The molecule has 0 aliphatic heterocycles. The Morgan fingerprint density at radius 2 is 1.84 bits per heavy atom. The highest BCUT2D eigenvalue weighted by molar-refractivity contribution is 9.10. The van der Waals surface area contributed by atoms with Crippen LogP contribution >= 0.6 is 15.9 Å². The molecule has 1 rings (SSSR count). The van der Waals surface area contributed by atoms with Gasteiger partial charge in [-0.05, 0) is 29.3 Å². The number of rotatable bonds is 8. The molecule has 1 amide bonds. The van der Waals surface area contributed by atoms with Gasteiger partial charge >= 0.3 is 0 Å². The molecule has 0 saturated heterocycles. The Labute approximate surface area is 121 Å². The van der Waals surface area contributed by atoms with Crippen LogP contribution in [0.1, 0.15) is 26.7 Å². The van der Waals surface area contributed by atoms with Crippen LogP contribution in [0.5, 0.6) is 0 Å². The maximum absolute atomic E-state index is 11.3. The minimum atomic E-state index is 0.0320. The summed E-state index contributed by atoms with van der Waals surface area (Å²) >= 11 is 3.46. The van der Waals surface area contributed by atoms with Crippen molar-refractivity contribution in [3.05, 3.63) is 10.8 Å². The molecule has 0 unspecified atom stereocenters. The summed E-state index contributed by atoms with van der Waals surface area (Å²) in [7, 11) is 0. The molecule has 0 radical (unpaired) electrons. The number of hydrogen-bond acceptors (Lipinski definition) is 5. The fraction of sp³-hybridized carbons (Fsp3) is 0.583. The predicted octanol–water partition coefficient (Wildman–Crippen LogP) is 2.00. The Balaban J connectivity index is 2.51. The lowest BCUT2D eigenvalue weighted by molar-refractivity contribution is -0.120. The molecular formula is C12H20BrN5O. The third-order valence-electron chi connectivity index (χ3n) is 2.35. The number of amides is 1. The molecule has 0 fully saturated rings. The number of hydrogen-bond donors (Lipinski definition) is 3. The van der Waals surface area contributed by atoms with Gasteiger partial charge in [0.15, 0.2) is 0 Å². The van der Waals surface area contributed by atoms with Crippen LogP contribution in [0.15, 0.2) is 10.8 Å². The summed E-state index contributed by atoms with van der Waals surface area (Å²) < 4.78 is 0.791. The van der Waals surface area contributed by atoms with Gasteiger partial charge in [-0.1, -0.05) is 6.92 Å². The van der Waals surface area contributed by atoms with Crippen LogP contribution in [0.3, 0.4) is 0 Å². The van der Waals surface area contributed by atoms with E-state index in [-0.39, 0.29) is 5.91 Å². The van der Waals surface area contributed by atoms with Gasteiger partial charge in [0.1, 0.15) is 22.4 Å². The van der Waals surface area contributed by atoms with Gasteiger partial charge in [-0.15, -0.1) is 0 Å². The van der Waals surface area contributed by atoms with Crippen molar-refractivity contribution in [1.82, 2.24) is 15.3 Å². The second kappa shape index (κ2) is 8.68. The highest BCUT2D eigenvalue weighted by atomic mass is 79.9. The van der Waals surface area contributed by atoms with Crippen molar-refractivity contribution < 1.29 is 4.79 Å². The molecule has 1 aromatic heterocycles. The zero-order chi connectivity index (χ0) is 14.1. The molecule has 0 bridgehead atoms. The van der Waals surface area contributed by atoms with Crippen LogP contribution < -0.4 is 16.0 Å². The van der Waals surface area contributed by atoms with E-state index in [9.17, 15) is 4.79 Å². The second-order valence-electron chi connectivity index (χ2n) is 3.94. The molecule has 106 valence electrons. The van der Waals surface area contributed by atoms with Crippen molar-refractivity contribution in [2.24, 2.45) is 0 Å². The number of halogens is 1. The summed E-state index contributed by atoms with van der Waals surface area (Å²) in [5.41, 5.74) is 0. The summed E-state index contributed by atoms with van der Waals surface area (Å²) in [6.07, 6.45) is 2.94. The summed E-state index contributed by atoms with van der Waals surface area (Å²) in [5.74, 6) is 1.49. The van der Waals surface area contributed by atoms with Crippen molar-refractivity contribution in [2.45, 2.75) is 26.7 Å². The van der Waals surface area contributed by atoms with Crippen LogP contribution in [-0.4, -0.2) is 35.5 Å². The van der Waals surface area contributed by atoms with E-state index >= 15 is 0 Å². The topological polar surface area (TPSA) is 78.9 Å². The summed E-state index contributed by atoms with van der Waals surface area (Å²) in [6.45, 7) is 6.04. The molecule has 0 aliphatic carbocycles. The Bertz CT molecular complexity index is 413. The van der Waals surface area contributed by atoms with Gasteiger partial charge in [0.05, 0.1) is 0 Å². The van der Waals surface area contributed by atoms with Gasteiger partial charge in [0, 0.05) is 26.1 Å². The molecular weight excluding hydrogens is 310 g/mol. The Morgan fingerprint density at radius 3 is 2.42 bits per heavy atom. The van der Waals surface area contributed by atoms with Gasteiger partial charge in [0.25, 0.3) is 0 Å².